The van der Waals surface area contributed by atoms with Crippen molar-refractivity contribution in [2.45, 2.75) is 38.1 Å². The zero-order valence-electron chi connectivity index (χ0n) is 17.6. The first-order chi connectivity index (χ1) is 15.9. The SMILES string of the molecule is O=C1OC2(CCCC2)OC(=O)C1=Cc1cc(Br)c(OCc2cccc3ccccc23)c(Br)c1. The molecule has 168 valence electrons. The van der Waals surface area contributed by atoms with E-state index < -0.39 is 17.7 Å². The molecular weight excluding hydrogens is 552 g/mol. The fraction of sp³-hybridized carbons (Fsp3) is 0.231. The molecule has 3 aromatic carbocycles. The minimum Gasteiger partial charge on any atom is -0.487 e. The van der Waals surface area contributed by atoms with E-state index in [9.17, 15) is 9.59 Å². The van der Waals surface area contributed by atoms with E-state index in [1.54, 1.807) is 12.1 Å². The summed E-state index contributed by atoms with van der Waals surface area (Å²) in [6.45, 7) is 0.389. The predicted molar refractivity (Wildman–Crippen MR) is 131 cm³/mol. The van der Waals surface area contributed by atoms with E-state index in [2.05, 4.69) is 50.1 Å². The maximum atomic E-state index is 12.5. The third-order valence-corrected chi connectivity index (χ3v) is 7.12. The van der Waals surface area contributed by atoms with Crippen molar-refractivity contribution in [3.05, 3.63) is 80.2 Å². The standard InChI is InChI=1S/C26H20Br2O5/c27-21-13-16(12-20-24(29)32-26(33-25(20)30)10-3-4-11-26)14-22(28)23(21)31-15-18-8-5-7-17-6-1-2-9-19(17)18/h1-2,5-9,12-14H,3-4,10-11,15H2. The molecule has 0 unspecified atom stereocenters. The molecule has 1 spiro atoms. The molecule has 5 nitrogen and oxygen atoms in total. The summed E-state index contributed by atoms with van der Waals surface area (Å²) in [6, 6.07) is 17.9. The Morgan fingerprint density at radius 2 is 1.55 bits per heavy atom. The molecule has 5 rings (SSSR count). The van der Waals surface area contributed by atoms with Crippen LogP contribution in [0.3, 0.4) is 0 Å². The second kappa shape index (κ2) is 8.95. The largest absolute Gasteiger partial charge is 0.487 e. The third-order valence-electron chi connectivity index (χ3n) is 5.95. The molecule has 0 N–H and O–H groups in total. The van der Waals surface area contributed by atoms with Gasteiger partial charge in [-0.1, -0.05) is 42.5 Å². The van der Waals surface area contributed by atoms with Crippen LogP contribution in [-0.2, 0) is 25.7 Å². The fourth-order valence-corrected chi connectivity index (χ4v) is 5.77. The summed E-state index contributed by atoms with van der Waals surface area (Å²) in [5, 5.41) is 2.30. The highest BCUT2D eigenvalue weighted by molar-refractivity contribution is 9.11. The van der Waals surface area contributed by atoms with Gasteiger partial charge in [-0.05, 0) is 84.8 Å². The second-order valence-corrected chi connectivity index (χ2v) is 9.90. The number of esters is 2. The van der Waals surface area contributed by atoms with Gasteiger partial charge in [-0.15, -0.1) is 0 Å². The Balaban J connectivity index is 1.36. The first-order valence-corrected chi connectivity index (χ1v) is 12.3. The van der Waals surface area contributed by atoms with Crippen molar-refractivity contribution in [3.63, 3.8) is 0 Å². The Bertz CT molecular complexity index is 1240. The molecule has 0 atom stereocenters. The Morgan fingerprint density at radius 1 is 0.909 bits per heavy atom. The van der Waals surface area contributed by atoms with E-state index in [-0.39, 0.29) is 5.57 Å². The minimum absolute atomic E-state index is 0.115. The zero-order chi connectivity index (χ0) is 23.0. The van der Waals surface area contributed by atoms with Gasteiger partial charge in [-0.3, -0.25) is 0 Å². The molecule has 1 aliphatic heterocycles. The maximum absolute atomic E-state index is 12.5. The summed E-state index contributed by atoms with van der Waals surface area (Å²) in [4.78, 5) is 25.1. The normalized spacial score (nSPS) is 17.2. The van der Waals surface area contributed by atoms with E-state index in [4.69, 9.17) is 14.2 Å². The van der Waals surface area contributed by atoms with Gasteiger partial charge in [0.05, 0.1) is 8.95 Å². The summed E-state index contributed by atoms with van der Waals surface area (Å²) in [7, 11) is 0. The number of benzene rings is 3. The van der Waals surface area contributed by atoms with Gasteiger partial charge in [0.25, 0.3) is 5.79 Å². The van der Waals surface area contributed by atoms with Crippen molar-refractivity contribution in [1.29, 1.82) is 0 Å². The maximum Gasteiger partial charge on any atom is 0.348 e. The first-order valence-electron chi connectivity index (χ1n) is 10.7. The molecule has 1 saturated heterocycles. The number of carbonyl (C=O) groups excluding carboxylic acids is 2. The monoisotopic (exact) mass is 570 g/mol. The molecule has 2 fully saturated rings. The molecule has 33 heavy (non-hydrogen) atoms. The summed E-state index contributed by atoms with van der Waals surface area (Å²) >= 11 is 7.10. The van der Waals surface area contributed by atoms with Crippen LogP contribution in [0.4, 0.5) is 0 Å². The third kappa shape index (κ3) is 4.44. The molecule has 3 aromatic rings. The van der Waals surface area contributed by atoms with Crippen molar-refractivity contribution < 1.29 is 23.8 Å². The molecular formula is C26H20Br2O5. The van der Waals surface area contributed by atoms with Crippen LogP contribution in [0.1, 0.15) is 36.8 Å². The van der Waals surface area contributed by atoms with Crippen molar-refractivity contribution in [3.8, 4) is 5.75 Å². The average molecular weight is 572 g/mol. The molecule has 1 heterocycles. The van der Waals surface area contributed by atoms with Gasteiger partial charge in [-0.25, -0.2) is 9.59 Å². The molecule has 0 aromatic heterocycles. The Hall–Kier alpha value is -2.64. The lowest BCUT2D eigenvalue weighted by Crippen LogP contribution is -2.44. The molecule has 1 saturated carbocycles. The van der Waals surface area contributed by atoms with Crippen molar-refractivity contribution in [2.24, 2.45) is 0 Å². The van der Waals surface area contributed by atoms with Crippen LogP contribution in [0.25, 0.3) is 16.8 Å². The highest BCUT2D eigenvalue weighted by atomic mass is 79.9. The van der Waals surface area contributed by atoms with E-state index in [1.807, 2.05) is 24.3 Å². The lowest BCUT2D eigenvalue weighted by atomic mass is 10.1. The predicted octanol–water partition coefficient (Wildman–Crippen LogP) is 6.70. The topological polar surface area (TPSA) is 61.8 Å². The summed E-state index contributed by atoms with van der Waals surface area (Å²) < 4.78 is 18.5. The lowest BCUT2D eigenvalue weighted by Gasteiger charge is -2.32. The zero-order valence-corrected chi connectivity index (χ0v) is 20.8. The van der Waals surface area contributed by atoms with E-state index in [0.717, 1.165) is 29.2 Å². The highest BCUT2D eigenvalue weighted by Crippen LogP contribution is 2.40. The molecule has 2 aliphatic rings. The van der Waals surface area contributed by atoms with Crippen LogP contribution in [-0.4, -0.2) is 17.7 Å². The quantitative estimate of drug-likeness (QED) is 0.198. The van der Waals surface area contributed by atoms with Gasteiger partial charge in [-0.2, -0.15) is 0 Å². The fourth-order valence-electron chi connectivity index (χ4n) is 4.32. The number of hydrogen-bond donors (Lipinski definition) is 0. The van der Waals surface area contributed by atoms with Crippen LogP contribution >= 0.6 is 31.9 Å². The molecule has 0 bridgehead atoms. The van der Waals surface area contributed by atoms with E-state index in [0.29, 0.717) is 39.7 Å². The van der Waals surface area contributed by atoms with Gasteiger partial charge < -0.3 is 14.2 Å². The molecule has 1 aliphatic carbocycles. The Kier molecular flexibility index (Phi) is 6.01. The van der Waals surface area contributed by atoms with Crippen molar-refractivity contribution in [2.75, 3.05) is 0 Å². The lowest BCUT2D eigenvalue weighted by molar-refractivity contribution is -0.232. The number of hydrogen-bond acceptors (Lipinski definition) is 5. The number of ether oxygens (including phenoxy) is 3. The summed E-state index contributed by atoms with van der Waals surface area (Å²) in [5.74, 6) is -1.73. The second-order valence-electron chi connectivity index (χ2n) is 8.20. The van der Waals surface area contributed by atoms with E-state index >= 15 is 0 Å². The molecule has 0 amide bonds. The molecule has 0 radical (unpaired) electrons. The van der Waals surface area contributed by atoms with Gasteiger partial charge in [0.15, 0.2) is 0 Å². The summed E-state index contributed by atoms with van der Waals surface area (Å²) in [6.07, 6.45) is 4.34. The van der Waals surface area contributed by atoms with Crippen LogP contribution in [0.5, 0.6) is 5.75 Å². The van der Waals surface area contributed by atoms with Crippen molar-refractivity contribution in [1.82, 2.24) is 0 Å². The van der Waals surface area contributed by atoms with Crippen LogP contribution in [0.2, 0.25) is 0 Å². The van der Waals surface area contributed by atoms with E-state index in [1.165, 1.54) is 6.08 Å². The van der Waals surface area contributed by atoms with Gasteiger partial charge in [0.2, 0.25) is 0 Å². The number of carbonyl (C=O) groups is 2. The average Bonchev–Trinajstić information content (AvgIpc) is 3.23. The van der Waals surface area contributed by atoms with Crippen LogP contribution < -0.4 is 4.74 Å². The number of halogens is 2. The van der Waals surface area contributed by atoms with Crippen LogP contribution in [0, 0.1) is 0 Å². The van der Waals surface area contributed by atoms with Crippen molar-refractivity contribution >= 4 is 60.6 Å². The summed E-state index contributed by atoms with van der Waals surface area (Å²) in [5.41, 5.74) is 1.60. The minimum atomic E-state index is -1.08. The Morgan fingerprint density at radius 3 is 2.24 bits per heavy atom. The smallest absolute Gasteiger partial charge is 0.348 e. The van der Waals surface area contributed by atoms with Crippen LogP contribution in [0.15, 0.2) is 69.1 Å². The first kappa shape index (κ1) is 22.2. The van der Waals surface area contributed by atoms with Gasteiger partial charge >= 0.3 is 11.9 Å². The van der Waals surface area contributed by atoms with Gasteiger partial charge in [0.1, 0.15) is 17.9 Å². The molecule has 7 heteroatoms. The highest BCUT2D eigenvalue weighted by Gasteiger charge is 2.47. The number of rotatable bonds is 4. The number of fused-ring (bicyclic) bond motifs is 1. The van der Waals surface area contributed by atoms with Gasteiger partial charge in [0, 0.05) is 12.8 Å². The Labute approximate surface area is 208 Å².